The first kappa shape index (κ1) is 33.6. The van der Waals surface area contributed by atoms with Gasteiger partial charge in [-0.25, -0.2) is 14.6 Å². The fourth-order valence-corrected chi connectivity index (χ4v) is 7.90. The van der Waals surface area contributed by atoms with Crippen molar-refractivity contribution in [3.63, 3.8) is 0 Å². The SMILES string of the molecule is O=C(COc1cccc2c1C(=O)N(C1CCC(=O)NC1=O)C2=O)NCN1CCN(C2CCC(n3nc(-c4ccccc4)c4cncnc43)CC2)CC1. The van der Waals surface area contributed by atoms with E-state index in [4.69, 9.17) is 9.84 Å². The van der Waals surface area contributed by atoms with E-state index in [1.807, 2.05) is 24.4 Å². The molecule has 2 aromatic heterocycles. The minimum Gasteiger partial charge on any atom is -0.483 e. The molecular weight excluding hydrogens is 666 g/mol. The van der Waals surface area contributed by atoms with Crippen LogP contribution in [0.1, 0.15) is 65.3 Å². The highest BCUT2D eigenvalue weighted by Crippen LogP contribution is 2.36. The van der Waals surface area contributed by atoms with E-state index in [1.54, 1.807) is 12.4 Å². The molecular formula is C37H39N9O6. The molecule has 1 aliphatic carbocycles. The lowest BCUT2D eigenvalue weighted by Gasteiger charge is -2.42. The number of carbonyl (C=O) groups excluding carboxylic acids is 5. The van der Waals surface area contributed by atoms with Gasteiger partial charge in [-0.2, -0.15) is 5.10 Å². The summed E-state index contributed by atoms with van der Waals surface area (Å²) in [6.07, 6.45) is 7.74. The number of piperazine rings is 1. The zero-order valence-corrected chi connectivity index (χ0v) is 28.6. The number of benzene rings is 2. The third-order valence-electron chi connectivity index (χ3n) is 10.6. The van der Waals surface area contributed by atoms with Gasteiger partial charge in [-0.1, -0.05) is 36.4 Å². The molecule has 268 valence electrons. The first-order valence-electron chi connectivity index (χ1n) is 17.8. The number of rotatable bonds is 9. The monoisotopic (exact) mass is 705 g/mol. The van der Waals surface area contributed by atoms with Crippen LogP contribution in [0.2, 0.25) is 0 Å². The van der Waals surface area contributed by atoms with Crippen molar-refractivity contribution in [1.29, 1.82) is 0 Å². The number of ether oxygens (including phenoxy) is 1. The predicted octanol–water partition coefficient (Wildman–Crippen LogP) is 2.15. The molecule has 8 rings (SSSR count). The first-order valence-corrected chi connectivity index (χ1v) is 17.8. The number of nitrogens with one attached hydrogen (secondary N) is 2. The summed E-state index contributed by atoms with van der Waals surface area (Å²) in [6.45, 7) is 3.49. The van der Waals surface area contributed by atoms with Crippen LogP contribution in [0.5, 0.6) is 5.75 Å². The number of nitrogens with zero attached hydrogens (tertiary/aromatic N) is 7. The van der Waals surface area contributed by atoms with Gasteiger partial charge in [0, 0.05) is 50.4 Å². The highest BCUT2D eigenvalue weighted by Gasteiger charge is 2.46. The van der Waals surface area contributed by atoms with Gasteiger partial charge in [-0.15, -0.1) is 0 Å². The van der Waals surface area contributed by atoms with Crippen molar-refractivity contribution in [2.45, 2.75) is 56.7 Å². The number of hydrogen-bond donors (Lipinski definition) is 2. The lowest BCUT2D eigenvalue weighted by atomic mass is 9.90. The summed E-state index contributed by atoms with van der Waals surface area (Å²) < 4.78 is 7.84. The van der Waals surface area contributed by atoms with Crippen molar-refractivity contribution < 1.29 is 28.7 Å². The summed E-state index contributed by atoms with van der Waals surface area (Å²) >= 11 is 0. The lowest BCUT2D eigenvalue weighted by Crippen LogP contribution is -2.54. The van der Waals surface area contributed by atoms with Gasteiger partial charge in [0.15, 0.2) is 12.3 Å². The Morgan fingerprint density at radius 1 is 0.885 bits per heavy atom. The average Bonchev–Trinajstić information content (AvgIpc) is 3.69. The molecule has 3 fully saturated rings. The Morgan fingerprint density at radius 2 is 1.65 bits per heavy atom. The molecule has 5 amide bonds. The van der Waals surface area contributed by atoms with Crippen LogP contribution in [0.4, 0.5) is 0 Å². The smallest absolute Gasteiger partial charge is 0.266 e. The summed E-state index contributed by atoms with van der Waals surface area (Å²) in [6, 6.07) is 14.4. The molecule has 1 atom stereocenters. The molecule has 2 saturated heterocycles. The van der Waals surface area contributed by atoms with Gasteiger partial charge in [0.2, 0.25) is 11.8 Å². The molecule has 1 saturated carbocycles. The Kier molecular flexibility index (Phi) is 9.19. The molecule has 0 bridgehead atoms. The van der Waals surface area contributed by atoms with Gasteiger partial charge in [0.1, 0.15) is 23.8 Å². The highest BCUT2D eigenvalue weighted by atomic mass is 16.5. The molecule has 0 radical (unpaired) electrons. The van der Waals surface area contributed by atoms with Gasteiger partial charge in [0.05, 0.1) is 29.2 Å². The van der Waals surface area contributed by atoms with E-state index in [0.29, 0.717) is 12.7 Å². The van der Waals surface area contributed by atoms with E-state index in [-0.39, 0.29) is 48.3 Å². The van der Waals surface area contributed by atoms with Crippen LogP contribution >= 0.6 is 0 Å². The van der Waals surface area contributed by atoms with Crippen LogP contribution in [-0.4, -0.2) is 116 Å². The fraction of sp³-hybridized carbons (Fsp3) is 0.405. The summed E-state index contributed by atoms with van der Waals surface area (Å²) in [5.41, 5.74) is 2.97. The summed E-state index contributed by atoms with van der Waals surface area (Å²) in [5, 5.41) is 11.1. The van der Waals surface area contributed by atoms with E-state index < -0.39 is 29.7 Å². The standard InChI is InChI=1S/C37H39N9O6/c47-30-14-13-28(35(49)41-30)45-36(50)26-7-4-8-29(32(26)37(45)51)52-20-31(48)40-22-43-15-17-44(18-16-43)24-9-11-25(12-10-24)46-34-27(19-38-21-39-34)33(42-46)23-5-2-1-3-6-23/h1-8,19,21,24-25,28H,9-18,20,22H2,(H,40,48)(H,41,47,49). The molecule has 4 aliphatic rings. The molecule has 15 heteroatoms. The summed E-state index contributed by atoms with van der Waals surface area (Å²) in [7, 11) is 0. The third-order valence-corrected chi connectivity index (χ3v) is 10.6. The molecule has 52 heavy (non-hydrogen) atoms. The van der Waals surface area contributed by atoms with Crippen LogP contribution in [0.3, 0.4) is 0 Å². The molecule has 2 N–H and O–H groups in total. The molecule has 0 spiro atoms. The van der Waals surface area contributed by atoms with E-state index in [2.05, 4.69) is 47.2 Å². The average molecular weight is 706 g/mol. The second-order valence-electron chi connectivity index (χ2n) is 13.7. The Morgan fingerprint density at radius 3 is 2.42 bits per heavy atom. The van der Waals surface area contributed by atoms with E-state index in [1.165, 1.54) is 12.1 Å². The van der Waals surface area contributed by atoms with Crippen molar-refractivity contribution in [2.75, 3.05) is 39.5 Å². The van der Waals surface area contributed by atoms with Crippen molar-refractivity contribution in [1.82, 2.24) is 45.1 Å². The highest BCUT2D eigenvalue weighted by molar-refractivity contribution is 6.24. The van der Waals surface area contributed by atoms with E-state index >= 15 is 0 Å². The van der Waals surface area contributed by atoms with Crippen LogP contribution < -0.4 is 15.4 Å². The summed E-state index contributed by atoms with van der Waals surface area (Å²) in [4.78, 5) is 77.6. The number of fused-ring (bicyclic) bond motifs is 2. The minimum atomic E-state index is -1.08. The van der Waals surface area contributed by atoms with Gasteiger partial charge in [-0.3, -0.25) is 44.0 Å². The zero-order valence-electron chi connectivity index (χ0n) is 28.6. The van der Waals surface area contributed by atoms with Crippen molar-refractivity contribution >= 4 is 40.6 Å². The van der Waals surface area contributed by atoms with Crippen molar-refractivity contribution in [2.24, 2.45) is 0 Å². The molecule has 4 aromatic rings. The van der Waals surface area contributed by atoms with Crippen molar-refractivity contribution in [3.8, 4) is 17.0 Å². The van der Waals surface area contributed by atoms with Gasteiger partial charge in [0.25, 0.3) is 17.7 Å². The largest absolute Gasteiger partial charge is 0.483 e. The Balaban J connectivity index is 0.799. The Hall–Kier alpha value is -5.54. The maximum absolute atomic E-state index is 13.3. The predicted molar refractivity (Wildman–Crippen MR) is 187 cm³/mol. The molecule has 2 aromatic carbocycles. The molecule has 5 heterocycles. The minimum absolute atomic E-state index is 0.0130. The number of amides is 5. The van der Waals surface area contributed by atoms with Gasteiger partial charge in [-0.05, 0) is 44.2 Å². The number of aromatic nitrogens is 4. The maximum atomic E-state index is 13.3. The van der Waals surface area contributed by atoms with Gasteiger partial charge >= 0.3 is 0 Å². The number of hydrogen-bond acceptors (Lipinski definition) is 11. The van der Waals surface area contributed by atoms with E-state index in [0.717, 1.165) is 79.1 Å². The number of piperidine rings is 1. The number of imide groups is 2. The van der Waals surface area contributed by atoms with Gasteiger partial charge < -0.3 is 10.1 Å². The normalized spacial score (nSPS) is 22.8. The zero-order chi connectivity index (χ0) is 35.8. The fourth-order valence-electron chi connectivity index (χ4n) is 7.90. The molecule has 1 unspecified atom stereocenters. The van der Waals surface area contributed by atoms with E-state index in [9.17, 15) is 24.0 Å². The van der Waals surface area contributed by atoms with Crippen LogP contribution in [0, 0.1) is 0 Å². The topological polar surface area (TPSA) is 172 Å². The second-order valence-corrected chi connectivity index (χ2v) is 13.7. The summed E-state index contributed by atoms with van der Waals surface area (Å²) in [5.74, 6) is -2.70. The third kappa shape index (κ3) is 6.41. The van der Waals surface area contributed by atoms with Crippen LogP contribution in [0.15, 0.2) is 61.1 Å². The number of carbonyl (C=O) groups is 5. The second kappa shape index (κ2) is 14.2. The Bertz CT molecular complexity index is 2040. The van der Waals surface area contributed by atoms with Crippen LogP contribution in [0.25, 0.3) is 22.3 Å². The molecule has 3 aliphatic heterocycles. The van der Waals surface area contributed by atoms with Crippen LogP contribution in [-0.2, 0) is 14.4 Å². The lowest BCUT2D eigenvalue weighted by molar-refractivity contribution is -0.136. The molecule has 15 nitrogen and oxygen atoms in total. The first-order chi connectivity index (χ1) is 25.4. The quantitative estimate of drug-likeness (QED) is 0.245. The maximum Gasteiger partial charge on any atom is 0.266 e. The Labute approximate surface area is 299 Å². The van der Waals surface area contributed by atoms with Crippen molar-refractivity contribution in [3.05, 3.63) is 72.2 Å².